The molecule has 0 amide bonds. The Hall–Kier alpha value is -1.60. The first kappa shape index (κ1) is 15.5. The molecule has 0 aliphatic heterocycles. The lowest BCUT2D eigenvalue weighted by Gasteiger charge is -2.24. The van der Waals surface area contributed by atoms with Crippen LogP contribution >= 0.6 is 0 Å². The minimum Gasteiger partial charge on any atom is -0.494 e. The van der Waals surface area contributed by atoms with Gasteiger partial charge in [0.1, 0.15) is 17.1 Å². The van der Waals surface area contributed by atoms with Crippen LogP contribution in [0, 0.1) is 24.1 Å². The summed E-state index contributed by atoms with van der Waals surface area (Å²) >= 11 is 0. The molecule has 0 radical (unpaired) electrons. The Morgan fingerprint density at radius 1 is 1.47 bits per heavy atom. The standard InChI is InChI=1S/C15H21FN2O/c1-4-15(11-17,18-3)8-5-9-19-13-6-7-14(16)12(2)10-13/h6-7,10,18H,4-5,8-9H2,1-3H3. The van der Waals surface area contributed by atoms with Crippen molar-refractivity contribution >= 4 is 0 Å². The molecule has 0 saturated heterocycles. The molecule has 0 heterocycles. The quantitative estimate of drug-likeness (QED) is 0.769. The Balaban J connectivity index is 2.42. The third kappa shape index (κ3) is 4.22. The van der Waals surface area contributed by atoms with Gasteiger partial charge in [0.05, 0.1) is 12.7 Å². The lowest BCUT2D eigenvalue weighted by Crippen LogP contribution is -2.41. The van der Waals surface area contributed by atoms with Crippen LogP contribution < -0.4 is 10.1 Å². The molecule has 0 saturated carbocycles. The fraction of sp³-hybridized carbons (Fsp3) is 0.533. The van der Waals surface area contributed by atoms with Crippen LogP contribution in [0.5, 0.6) is 5.75 Å². The highest BCUT2D eigenvalue weighted by Gasteiger charge is 2.24. The van der Waals surface area contributed by atoms with Crippen molar-refractivity contribution in [2.75, 3.05) is 13.7 Å². The van der Waals surface area contributed by atoms with Crippen molar-refractivity contribution < 1.29 is 9.13 Å². The first-order chi connectivity index (χ1) is 9.06. The third-order valence-electron chi connectivity index (χ3n) is 3.44. The monoisotopic (exact) mass is 264 g/mol. The highest BCUT2D eigenvalue weighted by molar-refractivity contribution is 5.28. The summed E-state index contributed by atoms with van der Waals surface area (Å²) in [5.74, 6) is 0.444. The summed E-state index contributed by atoms with van der Waals surface area (Å²) in [5.41, 5.74) is 0.106. The van der Waals surface area contributed by atoms with E-state index in [1.54, 1.807) is 26.1 Å². The van der Waals surface area contributed by atoms with E-state index in [1.807, 2.05) is 6.92 Å². The van der Waals surface area contributed by atoms with Crippen molar-refractivity contribution in [2.45, 2.75) is 38.6 Å². The summed E-state index contributed by atoms with van der Waals surface area (Å²) < 4.78 is 18.6. The van der Waals surface area contributed by atoms with Crippen LogP contribution in [-0.4, -0.2) is 19.2 Å². The third-order valence-corrected chi connectivity index (χ3v) is 3.44. The molecule has 104 valence electrons. The molecule has 1 atom stereocenters. The van der Waals surface area contributed by atoms with Crippen LogP contribution in [0.25, 0.3) is 0 Å². The fourth-order valence-electron chi connectivity index (χ4n) is 1.94. The smallest absolute Gasteiger partial charge is 0.126 e. The zero-order chi connectivity index (χ0) is 14.3. The predicted molar refractivity (Wildman–Crippen MR) is 73.6 cm³/mol. The Labute approximate surface area is 114 Å². The molecule has 1 aromatic rings. The molecule has 19 heavy (non-hydrogen) atoms. The maximum atomic E-state index is 13.1. The molecule has 0 aliphatic carbocycles. The second-order valence-corrected chi connectivity index (χ2v) is 4.66. The number of nitrogens with zero attached hydrogens (tertiary/aromatic N) is 1. The minimum absolute atomic E-state index is 0.225. The highest BCUT2D eigenvalue weighted by Crippen LogP contribution is 2.18. The Morgan fingerprint density at radius 3 is 2.74 bits per heavy atom. The fourth-order valence-corrected chi connectivity index (χ4v) is 1.94. The number of halogens is 1. The molecule has 4 heteroatoms. The van der Waals surface area contributed by atoms with E-state index in [9.17, 15) is 4.39 Å². The van der Waals surface area contributed by atoms with E-state index in [1.165, 1.54) is 6.07 Å². The van der Waals surface area contributed by atoms with Crippen LogP contribution in [0.4, 0.5) is 4.39 Å². The van der Waals surface area contributed by atoms with Crippen molar-refractivity contribution in [1.29, 1.82) is 5.26 Å². The van der Waals surface area contributed by atoms with Crippen molar-refractivity contribution in [3.8, 4) is 11.8 Å². The van der Waals surface area contributed by atoms with Crippen LogP contribution in [0.2, 0.25) is 0 Å². The van der Waals surface area contributed by atoms with Crippen molar-refractivity contribution in [2.24, 2.45) is 0 Å². The van der Waals surface area contributed by atoms with E-state index < -0.39 is 5.54 Å². The molecule has 0 fully saturated rings. The number of nitrogens with one attached hydrogen (secondary N) is 1. The van der Waals surface area contributed by atoms with Gasteiger partial charge in [-0.25, -0.2) is 4.39 Å². The average molecular weight is 264 g/mol. The van der Waals surface area contributed by atoms with Crippen molar-refractivity contribution in [1.82, 2.24) is 5.32 Å². The molecule has 0 spiro atoms. The van der Waals surface area contributed by atoms with Gasteiger partial charge in [-0.15, -0.1) is 0 Å². The molecule has 1 N–H and O–H groups in total. The molecular weight excluding hydrogens is 243 g/mol. The van der Waals surface area contributed by atoms with Gasteiger partial charge in [0.2, 0.25) is 0 Å². The summed E-state index contributed by atoms with van der Waals surface area (Å²) in [7, 11) is 1.80. The van der Waals surface area contributed by atoms with E-state index in [2.05, 4.69) is 11.4 Å². The minimum atomic E-state index is -0.470. The number of ether oxygens (including phenoxy) is 1. The van der Waals surface area contributed by atoms with Gasteiger partial charge in [-0.3, -0.25) is 0 Å². The zero-order valence-corrected chi connectivity index (χ0v) is 11.8. The van der Waals surface area contributed by atoms with Crippen LogP contribution in [-0.2, 0) is 0 Å². The van der Waals surface area contributed by atoms with Crippen LogP contribution in [0.1, 0.15) is 31.7 Å². The summed E-state index contributed by atoms with van der Waals surface area (Å²) in [6, 6.07) is 7.03. The highest BCUT2D eigenvalue weighted by atomic mass is 19.1. The summed E-state index contributed by atoms with van der Waals surface area (Å²) in [6.45, 7) is 4.22. The topological polar surface area (TPSA) is 45.0 Å². The molecule has 0 aromatic heterocycles. The molecule has 1 aromatic carbocycles. The predicted octanol–water partition coefficient (Wildman–Crippen LogP) is 3.18. The lowest BCUT2D eigenvalue weighted by molar-refractivity contribution is 0.281. The average Bonchev–Trinajstić information content (AvgIpc) is 2.44. The second-order valence-electron chi connectivity index (χ2n) is 4.66. The van der Waals surface area contributed by atoms with Crippen LogP contribution in [0.15, 0.2) is 18.2 Å². The maximum absolute atomic E-state index is 13.1. The molecule has 0 bridgehead atoms. The number of aryl methyl sites for hydroxylation is 1. The largest absolute Gasteiger partial charge is 0.494 e. The van der Waals surface area contributed by atoms with E-state index in [0.717, 1.165) is 19.3 Å². The van der Waals surface area contributed by atoms with Gasteiger partial charge < -0.3 is 10.1 Å². The summed E-state index contributed by atoms with van der Waals surface area (Å²) in [4.78, 5) is 0. The molecular formula is C15H21FN2O. The van der Waals surface area contributed by atoms with Gasteiger partial charge in [0.15, 0.2) is 0 Å². The molecule has 1 unspecified atom stereocenters. The van der Waals surface area contributed by atoms with Crippen molar-refractivity contribution in [3.63, 3.8) is 0 Å². The van der Waals surface area contributed by atoms with E-state index in [-0.39, 0.29) is 5.82 Å². The number of hydrogen-bond donors (Lipinski definition) is 1. The number of benzene rings is 1. The maximum Gasteiger partial charge on any atom is 0.126 e. The SMILES string of the molecule is CCC(C#N)(CCCOc1ccc(F)c(C)c1)NC. The number of hydrogen-bond acceptors (Lipinski definition) is 3. The molecule has 0 aliphatic rings. The van der Waals surface area contributed by atoms with Crippen molar-refractivity contribution in [3.05, 3.63) is 29.6 Å². The number of rotatable bonds is 7. The second kappa shape index (κ2) is 7.10. The first-order valence-electron chi connectivity index (χ1n) is 6.56. The molecule has 3 nitrogen and oxygen atoms in total. The Kier molecular flexibility index (Phi) is 5.78. The van der Waals surface area contributed by atoms with Gasteiger partial charge >= 0.3 is 0 Å². The van der Waals surface area contributed by atoms with Gasteiger partial charge in [-0.2, -0.15) is 5.26 Å². The normalized spacial score (nSPS) is 13.6. The Bertz CT molecular complexity index is 450. The van der Waals surface area contributed by atoms with Gasteiger partial charge in [-0.05, 0) is 57.0 Å². The number of nitriles is 1. The van der Waals surface area contributed by atoms with Gasteiger partial charge in [0, 0.05) is 0 Å². The van der Waals surface area contributed by atoms with Crippen LogP contribution in [0.3, 0.4) is 0 Å². The summed E-state index contributed by atoms with van der Waals surface area (Å²) in [5, 5.41) is 12.2. The Morgan fingerprint density at radius 2 is 2.21 bits per heavy atom. The van der Waals surface area contributed by atoms with E-state index in [4.69, 9.17) is 10.00 Å². The zero-order valence-electron chi connectivity index (χ0n) is 11.8. The first-order valence-corrected chi connectivity index (χ1v) is 6.56. The summed E-state index contributed by atoms with van der Waals surface area (Å²) in [6.07, 6.45) is 2.27. The van der Waals surface area contributed by atoms with E-state index >= 15 is 0 Å². The molecule has 1 rings (SSSR count). The lowest BCUT2D eigenvalue weighted by atomic mass is 9.92. The van der Waals surface area contributed by atoms with Gasteiger partial charge in [-0.1, -0.05) is 6.92 Å². The van der Waals surface area contributed by atoms with E-state index in [0.29, 0.717) is 17.9 Å². The van der Waals surface area contributed by atoms with Gasteiger partial charge in [0.25, 0.3) is 0 Å².